The molecule has 24 heavy (non-hydrogen) atoms. The van der Waals surface area contributed by atoms with Gasteiger partial charge in [-0.3, -0.25) is 4.79 Å². The van der Waals surface area contributed by atoms with Gasteiger partial charge in [0.25, 0.3) is 0 Å². The van der Waals surface area contributed by atoms with Crippen LogP contribution in [0.5, 0.6) is 0 Å². The summed E-state index contributed by atoms with van der Waals surface area (Å²) in [6.07, 6.45) is 2.65. The molecule has 1 fully saturated rings. The molecule has 0 unspecified atom stereocenters. The van der Waals surface area contributed by atoms with E-state index in [0.29, 0.717) is 12.3 Å². The van der Waals surface area contributed by atoms with Crippen LogP contribution in [-0.2, 0) is 15.6 Å². The lowest BCUT2D eigenvalue weighted by Crippen LogP contribution is -2.27. The van der Waals surface area contributed by atoms with Crippen LogP contribution in [0.2, 0.25) is 0 Å². The number of rotatable bonds is 5. The summed E-state index contributed by atoms with van der Waals surface area (Å²) in [4.78, 5) is 23.1. The van der Waals surface area contributed by atoms with E-state index in [2.05, 4.69) is 52.9 Å². The first-order valence-corrected chi connectivity index (χ1v) is 8.99. The molecule has 1 aliphatic heterocycles. The molecule has 2 rings (SSSR count). The molecule has 1 aliphatic rings. The van der Waals surface area contributed by atoms with Gasteiger partial charge in [-0.2, -0.15) is 0 Å². The minimum absolute atomic E-state index is 0.0126. The van der Waals surface area contributed by atoms with Gasteiger partial charge in [-0.1, -0.05) is 41.5 Å². The number of hydrogen-bond acceptors (Lipinski definition) is 4. The van der Waals surface area contributed by atoms with Crippen LogP contribution in [0.4, 0.5) is 5.82 Å². The molecule has 0 spiro atoms. The number of nitrogens with zero attached hydrogens (tertiary/aromatic N) is 3. The van der Waals surface area contributed by atoms with Crippen molar-refractivity contribution in [3.05, 3.63) is 17.6 Å². The van der Waals surface area contributed by atoms with Gasteiger partial charge in [-0.25, -0.2) is 9.97 Å². The molecule has 1 N–H and O–H groups in total. The molecule has 1 saturated heterocycles. The lowest BCUT2D eigenvalue weighted by Gasteiger charge is -2.24. The van der Waals surface area contributed by atoms with Crippen molar-refractivity contribution in [2.45, 2.75) is 71.6 Å². The highest BCUT2D eigenvalue weighted by atomic mass is 16.2. The normalized spacial score (nSPS) is 15.9. The molecular weight excluding hydrogens is 300 g/mol. The van der Waals surface area contributed by atoms with Crippen LogP contribution < -0.4 is 5.32 Å². The van der Waals surface area contributed by atoms with Crippen molar-refractivity contribution >= 4 is 11.7 Å². The second-order valence-corrected chi connectivity index (χ2v) is 8.73. The molecule has 1 aromatic rings. The van der Waals surface area contributed by atoms with E-state index in [0.717, 1.165) is 49.8 Å². The summed E-state index contributed by atoms with van der Waals surface area (Å²) in [6, 6.07) is 2.05. The van der Waals surface area contributed by atoms with E-state index in [1.165, 1.54) is 0 Å². The summed E-state index contributed by atoms with van der Waals surface area (Å²) in [6.45, 7) is 15.5. The molecule has 0 radical (unpaired) electrons. The molecule has 0 saturated carbocycles. The van der Waals surface area contributed by atoms with Crippen molar-refractivity contribution in [1.82, 2.24) is 14.9 Å². The zero-order chi connectivity index (χ0) is 18.0. The summed E-state index contributed by atoms with van der Waals surface area (Å²) in [7, 11) is 0. The highest BCUT2D eigenvalue weighted by Gasteiger charge is 2.23. The summed E-state index contributed by atoms with van der Waals surface area (Å²) in [5.74, 6) is 2.04. The van der Waals surface area contributed by atoms with E-state index in [1.54, 1.807) is 0 Å². The van der Waals surface area contributed by atoms with E-state index >= 15 is 0 Å². The Bertz CT molecular complexity index is 552. The molecule has 5 heteroatoms. The molecule has 0 aliphatic carbocycles. The summed E-state index contributed by atoms with van der Waals surface area (Å²) >= 11 is 0. The fourth-order valence-corrected chi connectivity index (χ4v) is 2.68. The number of anilines is 1. The zero-order valence-corrected chi connectivity index (χ0v) is 16.1. The van der Waals surface area contributed by atoms with Gasteiger partial charge >= 0.3 is 0 Å². The Morgan fingerprint density at radius 1 is 1.12 bits per heavy atom. The second kappa shape index (κ2) is 7.08. The number of carbonyl (C=O) groups excluding carboxylic acids is 1. The lowest BCUT2D eigenvalue weighted by molar-refractivity contribution is -0.127. The molecule has 134 valence electrons. The van der Waals surface area contributed by atoms with Crippen molar-refractivity contribution in [2.24, 2.45) is 0 Å². The van der Waals surface area contributed by atoms with Crippen molar-refractivity contribution in [1.29, 1.82) is 0 Å². The molecular formula is C19H32N4O. The first-order chi connectivity index (χ1) is 11.1. The Balaban J connectivity index is 2.02. The Labute approximate surface area is 146 Å². The van der Waals surface area contributed by atoms with E-state index in [1.807, 2.05) is 4.90 Å². The number of likely N-dealkylation sites (tertiary alicyclic amines) is 1. The number of nitrogens with one attached hydrogen (secondary N) is 1. The van der Waals surface area contributed by atoms with Crippen LogP contribution >= 0.6 is 0 Å². The van der Waals surface area contributed by atoms with Crippen LogP contribution in [0, 0.1) is 0 Å². The number of aromatic nitrogens is 2. The minimum Gasteiger partial charge on any atom is -0.370 e. The van der Waals surface area contributed by atoms with Crippen LogP contribution in [0.25, 0.3) is 0 Å². The van der Waals surface area contributed by atoms with E-state index in [4.69, 9.17) is 9.97 Å². The van der Waals surface area contributed by atoms with Crippen molar-refractivity contribution in [3.8, 4) is 0 Å². The highest BCUT2D eigenvalue weighted by molar-refractivity contribution is 5.78. The van der Waals surface area contributed by atoms with E-state index in [-0.39, 0.29) is 10.8 Å². The van der Waals surface area contributed by atoms with Crippen LogP contribution in [0.15, 0.2) is 6.07 Å². The van der Waals surface area contributed by atoms with Crippen molar-refractivity contribution < 1.29 is 4.79 Å². The van der Waals surface area contributed by atoms with Gasteiger partial charge in [-0.15, -0.1) is 0 Å². The third-order valence-corrected chi connectivity index (χ3v) is 4.25. The first kappa shape index (κ1) is 18.7. The Kier molecular flexibility index (Phi) is 5.51. The number of amides is 1. The maximum Gasteiger partial charge on any atom is 0.222 e. The third-order valence-electron chi connectivity index (χ3n) is 4.25. The largest absolute Gasteiger partial charge is 0.370 e. The SMILES string of the molecule is CC(C)(C)c1cc(NCCCN2CCCC2=O)nc(C(C)(C)C)n1. The molecule has 1 amide bonds. The molecule has 0 bridgehead atoms. The quantitative estimate of drug-likeness (QED) is 0.839. The number of carbonyl (C=O) groups is 1. The van der Waals surface area contributed by atoms with E-state index in [9.17, 15) is 4.79 Å². The van der Waals surface area contributed by atoms with Gasteiger partial charge in [-0.05, 0) is 12.8 Å². The van der Waals surface area contributed by atoms with Crippen LogP contribution in [0.3, 0.4) is 0 Å². The van der Waals surface area contributed by atoms with E-state index < -0.39 is 0 Å². The van der Waals surface area contributed by atoms with Crippen LogP contribution in [0.1, 0.15) is 72.3 Å². The molecule has 2 heterocycles. The van der Waals surface area contributed by atoms with Crippen LogP contribution in [-0.4, -0.2) is 40.4 Å². The topological polar surface area (TPSA) is 58.1 Å². The first-order valence-electron chi connectivity index (χ1n) is 8.99. The fourth-order valence-electron chi connectivity index (χ4n) is 2.68. The standard InChI is InChI=1S/C19H32N4O/c1-18(2,3)14-13-15(22-17(21-14)19(4,5)6)20-10-8-12-23-11-7-9-16(23)24/h13H,7-12H2,1-6H3,(H,20,21,22). The number of hydrogen-bond donors (Lipinski definition) is 1. The monoisotopic (exact) mass is 332 g/mol. The summed E-state index contributed by atoms with van der Waals surface area (Å²) < 4.78 is 0. The van der Waals surface area contributed by atoms with Crippen molar-refractivity contribution in [3.63, 3.8) is 0 Å². The molecule has 5 nitrogen and oxygen atoms in total. The van der Waals surface area contributed by atoms with Gasteiger partial charge in [0.05, 0.1) is 5.69 Å². The van der Waals surface area contributed by atoms with Gasteiger partial charge < -0.3 is 10.2 Å². The smallest absolute Gasteiger partial charge is 0.222 e. The zero-order valence-electron chi connectivity index (χ0n) is 16.1. The maximum absolute atomic E-state index is 11.6. The Morgan fingerprint density at radius 3 is 2.38 bits per heavy atom. The minimum atomic E-state index is -0.0837. The average Bonchev–Trinajstić information content (AvgIpc) is 2.87. The predicted octanol–water partition coefficient (Wildman–Crippen LogP) is 3.50. The van der Waals surface area contributed by atoms with Crippen molar-refractivity contribution in [2.75, 3.05) is 25.0 Å². The lowest BCUT2D eigenvalue weighted by atomic mass is 9.90. The third kappa shape index (κ3) is 4.92. The Hall–Kier alpha value is -1.65. The van der Waals surface area contributed by atoms with Gasteiger partial charge in [0, 0.05) is 43.0 Å². The van der Waals surface area contributed by atoms with Gasteiger partial charge in [0.15, 0.2) is 0 Å². The maximum atomic E-state index is 11.6. The molecule has 1 aromatic heterocycles. The Morgan fingerprint density at radius 2 is 1.83 bits per heavy atom. The molecule has 0 atom stereocenters. The van der Waals surface area contributed by atoms with Gasteiger partial charge in [0.1, 0.15) is 11.6 Å². The predicted molar refractivity (Wildman–Crippen MR) is 98.4 cm³/mol. The molecule has 0 aromatic carbocycles. The second-order valence-electron chi connectivity index (χ2n) is 8.73. The fraction of sp³-hybridized carbons (Fsp3) is 0.737. The highest BCUT2D eigenvalue weighted by Crippen LogP contribution is 2.26. The summed E-state index contributed by atoms with van der Waals surface area (Å²) in [5.41, 5.74) is 0.959. The average molecular weight is 332 g/mol. The summed E-state index contributed by atoms with van der Waals surface area (Å²) in [5, 5.41) is 3.42. The van der Waals surface area contributed by atoms with Gasteiger partial charge in [0.2, 0.25) is 5.91 Å².